The second kappa shape index (κ2) is 10.2. The van der Waals surface area contributed by atoms with E-state index in [0.29, 0.717) is 45.9 Å². The number of amides is 1. The van der Waals surface area contributed by atoms with Crippen LogP contribution in [0.3, 0.4) is 0 Å². The molecule has 0 N–H and O–H groups in total. The van der Waals surface area contributed by atoms with E-state index < -0.39 is 0 Å². The van der Waals surface area contributed by atoms with Crippen molar-refractivity contribution in [2.75, 3.05) is 49.6 Å². The zero-order valence-electron chi connectivity index (χ0n) is 19.8. The number of pyridine rings is 1. The predicted octanol–water partition coefficient (Wildman–Crippen LogP) is 3.42. The third-order valence-electron chi connectivity index (χ3n) is 6.23. The Kier molecular flexibility index (Phi) is 6.80. The molecule has 5 rings (SSSR count). The van der Waals surface area contributed by atoms with Crippen molar-refractivity contribution in [2.24, 2.45) is 0 Å². The van der Waals surface area contributed by atoms with Gasteiger partial charge >= 0.3 is 0 Å². The van der Waals surface area contributed by atoms with Crippen molar-refractivity contribution in [1.29, 1.82) is 0 Å². The predicted molar refractivity (Wildman–Crippen MR) is 149 cm³/mol. The molecule has 1 amide bonds. The molecule has 0 atom stereocenters. The van der Waals surface area contributed by atoms with Gasteiger partial charge in [-0.1, -0.05) is 36.1 Å². The normalized spacial score (nSPS) is 17.4. The van der Waals surface area contributed by atoms with Gasteiger partial charge in [0.05, 0.1) is 17.6 Å². The van der Waals surface area contributed by atoms with Crippen LogP contribution < -0.4 is 20.1 Å². The summed E-state index contributed by atoms with van der Waals surface area (Å²) in [5.41, 5.74) is 1.84. The van der Waals surface area contributed by atoms with Crippen LogP contribution in [0.5, 0.6) is 5.75 Å². The zero-order valence-corrected chi connectivity index (χ0v) is 21.4. The van der Waals surface area contributed by atoms with Gasteiger partial charge in [-0.15, -0.1) is 6.58 Å². The number of thioether (sulfide) groups is 1. The molecule has 0 saturated carbocycles. The van der Waals surface area contributed by atoms with Crippen LogP contribution in [0.2, 0.25) is 0 Å². The number of aromatic nitrogens is 2. The van der Waals surface area contributed by atoms with E-state index in [0.717, 1.165) is 24.5 Å². The second-order valence-corrected chi connectivity index (χ2v) is 10.0. The molecule has 8 nitrogen and oxygen atoms in total. The third kappa shape index (κ3) is 4.49. The van der Waals surface area contributed by atoms with E-state index in [-0.39, 0.29) is 11.5 Å². The summed E-state index contributed by atoms with van der Waals surface area (Å²) in [4.78, 5) is 37.7. The van der Waals surface area contributed by atoms with E-state index in [4.69, 9.17) is 21.9 Å². The van der Waals surface area contributed by atoms with Crippen LogP contribution in [-0.2, 0) is 4.79 Å². The molecule has 0 unspecified atom stereocenters. The molecular weight excluding hydrogens is 494 g/mol. The molecule has 0 bridgehead atoms. The fraction of sp³-hybridized carbons (Fsp3) is 0.231. The van der Waals surface area contributed by atoms with Gasteiger partial charge in [-0.05, 0) is 42.5 Å². The van der Waals surface area contributed by atoms with Gasteiger partial charge in [0.2, 0.25) is 0 Å². The van der Waals surface area contributed by atoms with Crippen molar-refractivity contribution in [1.82, 2.24) is 14.3 Å². The number of piperazine rings is 1. The van der Waals surface area contributed by atoms with Crippen LogP contribution in [0.25, 0.3) is 11.7 Å². The molecule has 184 valence electrons. The number of fused-ring (bicyclic) bond motifs is 1. The molecule has 2 aliphatic heterocycles. The Morgan fingerprint density at radius 2 is 1.81 bits per heavy atom. The van der Waals surface area contributed by atoms with Crippen LogP contribution in [0.4, 0.5) is 11.5 Å². The highest BCUT2D eigenvalue weighted by Crippen LogP contribution is 2.33. The molecule has 2 saturated heterocycles. The minimum Gasteiger partial charge on any atom is -0.497 e. The maximum absolute atomic E-state index is 13.6. The van der Waals surface area contributed by atoms with Crippen LogP contribution in [0.1, 0.15) is 5.56 Å². The molecule has 1 aromatic carbocycles. The van der Waals surface area contributed by atoms with Gasteiger partial charge in [-0.3, -0.25) is 18.9 Å². The van der Waals surface area contributed by atoms with Crippen molar-refractivity contribution in [3.8, 4) is 5.75 Å². The summed E-state index contributed by atoms with van der Waals surface area (Å²) < 4.78 is 7.23. The topological polar surface area (TPSA) is 70.4 Å². The molecule has 0 radical (unpaired) electrons. The number of ether oxygens (including phenoxy) is 1. The van der Waals surface area contributed by atoms with E-state index in [2.05, 4.69) is 16.4 Å². The first-order valence-electron chi connectivity index (χ1n) is 11.5. The van der Waals surface area contributed by atoms with Gasteiger partial charge in [0.25, 0.3) is 11.5 Å². The van der Waals surface area contributed by atoms with Crippen LogP contribution in [0, 0.1) is 0 Å². The van der Waals surface area contributed by atoms with Crippen molar-refractivity contribution in [3.63, 3.8) is 0 Å². The number of benzene rings is 1. The maximum atomic E-state index is 13.6. The van der Waals surface area contributed by atoms with Crippen LogP contribution in [0.15, 0.2) is 71.0 Å². The summed E-state index contributed by atoms with van der Waals surface area (Å²) in [6.45, 7) is 6.92. The first-order valence-corrected chi connectivity index (χ1v) is 12.7. The molecule has 2 aliphatic rings. The smallest absolute Gasteiger partial charge is 0.267 e. The summed E-state index contributed by atoms with van der Waals surface area (Å²) in [7, 11) is 1.65. The number of carbonyl (C=O) groups excluding carboxylic acids is 1. The first kappa shape index (κ1) is 24.1. The summed E-state index contributed by atoms with van der Waals surface area (Å²) in [6.07, 6.45) is 4.96. The zero-order chi connectivity index (χ0) is 25.2. The molecule has 4 heterocycles. The molecular formula is C26H25N5O3S2. The van der Waals surface area contributed by atoms with Crippen molar-refractivity contribution < 1.29 is 9.53 Å². The van der Waals surface area contributed by atoms with Gasteiger partial charge in [0.1, 0.15) is 21.5 Å². The number of methoxy groups -OCH3 is 1. The van der Waals surface area contributed by atoms with Crippen molar-refractivity contribution in [2.45, 2.75) is 0 Å². The molecule has 2 fully saturated rings. The number of rotatable bonds is 6. The maximum Gasteiger partial charge on any atom is 0.267 e. The number of anilines is 2. The first-order chi connectivity index (χ1) is 17.5. The lowest BCUT2D eigenvalue weighted by atomic mass is 10.2. The van der Waals surface area contributed by atoms with Crippen molar-refractivity contribution in [3.05, 3.63) is 82.1 Å². The minimum atomic E-state index is -0.224. The van der Waals surface area contributed by atoms with Crippen LogP contribution in [-0.4, -0.2) is 64.3 Å². The Bertz CT molecular complexity index is 1430. The monoisotopic (exact) mass is 519 g/mol. The van der Waals surface area contributed by atoms with Gasteiger partial charge < -0.3 is 14.5 Å². The highest BCUT2D eigenvalue weighted by Gasteiger charge is 2.32. The fourth-order valence-corrected chi connectivity index (χ4v) is 5.60. The minimum absolute atomic E-state index is 0.220. The molecule has 2 aromatic heterocycles. The third-order valence-corrected chi connectivity index (χ3v) is 7.60. The lowest BCUT2D eigenvalue weighted by Gasteiger charge is -2.37. The molecule has 36 heavy (non-hydrogen) atoms. The van der Waals surface area contributed by atoms with E-state index in [1.165, 1.54) is 21.1 Å². The van der Waals surface area contributed by atoms with Gasteiger partial charge in [-0.2, -0.15) is 0 Å². The van der Waals surface area contributed by atoms with E-state index in [9.17, 15) is 9.59 Å². The fourth-order valence-electron chi connectivity index (χ4n) is 4.35. The number of hydrogen-bond donors (Lipinski definition) is 0. The standard InChI is InChI=1S/C26H25N5O3S2/c1-3-11-31-25(33)21(36-26(31)35)17-20-23(27-22-6-4-5-12-30(22)24(20)32)29-15-13-28(14-16-29)18-7-9-19(34-2)10-8-18/h3-10,12,17H,1,11,13-16H2,2H3/b21-17-. The highest BCUT2D eigenvalue weighted by atomic mass is 32.2. The lowest BCUT2D eigenvalue weighted by Crippen LogP contribution is -2.47. The highest BCUT2D eigenvalue weighted by molar-refractivity contribution is 8.26. The SMILES string of the molecule is C=CCN1C(=O)/C(=C/c2c(N3CCN(c4ccc(OC)cc4)CC3)nc3ccccn3c2=O)SC1=S. The van der Waals surface area contributed by atoms with Crippen molar-refractivity contribution >= 4 is 57.4 Å². The quantitative estimate of drug-likeness (QED) is 0.279. The summed E-state index contributed by atoms with van der Waals surface area (Å²) in [5, 5.41) is 0. The van der Waals surface area contributed by atoms with Crippen LogP contribution >= 0.6 is 24.0 Å². The Morgan fingerprint density at radius 3 is 2.50 bits per heavy atom. The second-order valence-electron chi connectivity index (χ2n) is 8.34. The van der Waals surface area contributed by atoms with E-state index in [1.54, 1.807) is 31.5 Å². The molecule has 0 aliphatic carbocycles. The Labute approximate surface area is 218 Å². The number of hydrogen-bond acceptors (Lipinski definition) is 8. The molecule has 0 spiro atoms. The lowest BCUT2D eigenvalue weighted by molar-refractivity contribution is -0.121. The van der Waals surface area contributed by atoms with E-state index >= 15 is 0 Å². The Morgan fingerprint density at radius 1 is 1.08 bits per heavy atom. The number of nitrogens with zero attached hydrogens (tertiary/aromatic N) is 5. The molecule has 10 heteroatoms. The van der Waals surface area contributed by atoms with Gasteiger partial charge in [0, 0.05) is 44.6 Å². The summed E-state index contributed by atoms with van der Waals surface area (Å²) >= 11 is 6.57. The summed E-state index contributed by atoms with van der Waals surface area (Å²) in [5.74, 6) is 1.17. The van der Waals surface area contributed by atoms with Gasteiger partial charge in [0.15, 0.2) is 0 Å². The summed E-state index contributed by atoms with van der Waals surface area (Å²) in [6, 6.07) is 13.5. The van der Waals surface area contributed by atoms with E-state index in [1.807, 2.05) is 36.4 Å². The number of carbonyl (C=O) groups is 1. The Hall–Kier alpha value is -3.63. The number of thiocarbonyl (C=S) groups is 1. The van der Waals surface area contributed by atoms with Gasteiger partial charge in [-0.25, -0.2) is 4.98 Å². The molecule has 3 aromatic rings. The largest absolute Gasteiger partial charge is 0.497 e. The Balaban J connectivity index is 1.49. The average Bonchev–Trinajstić information content (AvgIpc) is 3.18. The average molecular weight is 520 g/mol.